The summed E-state index contributed by atoms with van der Waals surface area (Å²) in [7, 11) is 0. The van der Waals surface area contributed by atoms with Crippen LogP contribution in [-0.4, -0.2) is 24.2 Å². The molecule has 92 valence electrons. The highest BCUT2D eigenvalue weighted by molar-refractivity contribution is 7.80. The predicted molar refractivity (Wildman–Crippen MR) is 64.4 cm³/mol. The van der Waals surface area contributed by atoms with E-state index >= 15 is 0 Å². The molecular formula is C11H12FNO3S. The lowest BCUT2D eigenvalue weighted by molar-refractivity contribution is -0.145. The fourth-order valence-corrected chi connectivity index (χ4v) is 1.40. The summed E-state index contributed by atoms with van der Waals surface area (Å²) in [6.45, 7) is 1.63. The van der Waals surface area contributed by atoms with E-state index in [2.05, 4.69) is 4.74 Å². The van der Waals surface area contributed by atoms with Crippen LogP contribution >= 0.6 is 12.2 Å². The van der Waals surface area contributed by atoms with E-state index in [1.54, 1.807) is 6.92 Å². The van der Waals surface area contributed by atoms with Gasteiger partial charge in [-0.1, -0.05) is 18.3 Å². The molecule has 4 nitrogen and oxygen atoms in total. The number of ether oxygens (including phenoxy) is 2. The Morgan fingerprint density at radius 2 is 2.24 bits per heavy atom. The molecule has 0 atom stereocenters. The number of esters is 1. The number of rotatable bonds is 5. The second-order valence-electron chi connectivity index (χ2n) is 3.07. The van der Waals surface area contributed by atoms with Gasteiger partial charge in [-0.25, -0.2) is 9.18 Å². The maximum Gasteiger partial charge on any atom is 0.344 e. The molecule has 0 fully saturated rings. The standard InChI is InChI=1S/C11H12FNO3S/c1-2-15-9(14)6-16-8-5-3-4-7(12)10(8)11(13)17/h3-5H,2,6H2,1H3,(H2,13,17). The van der Waals surface area contributed by atoms with Gasteiger partial charge in [0.25, 0.3) is 0 Å². The lowest BCUT2D eigenvalue weighted by atomic mass is 10.2. The van der Waals surface area contributed by atoms with E-state index in [0.29, 0.717) is 0 Å². The smallest absolute Gasteiger partial charge is 0.344 e. The summed E-state index contributed by atoms with van der Waals surface area (Å²) >= 11 is 4.71. The average molecular weight is 257 g/mol. The molecule has 0 bridgehead atoms. The number of halogens is 1. The molecular weight excluding hydrogens is 245 g/mol. The number of carbonyl (C=O) groups is 1. The Morgan fingerprint density at radius 3 is 2.82 bits per heavy atom. The molecule has 0 amide bonds. The zero-order valence-electron chi connectivity index (χ0n) is 9.23. The minimum absolute atomic E-state index is 0.00759. The van der Waals surface area contributed by atoms with E-state index in [1.165, 1.54) is 18.2 Å². The highest BCUT2D eigenvalue weighted by Crippen LogP contribution is 2.21. The van der Waals surface area contributed by atoms with Gasteiger partial charge in [-0.05, 0) is 19.1 Å². The number of benzene rings is 1. The van der Waals surface area contributed by atoms with Crippen LogP contribution in [0.5, 0.6) is 5.75 Å². The number of thiocarbonyl (C=S) groups is 1. The first kappa shape index (κ1) is 13.4. The van der Waals surface area contributed by atoms with Crippen LogP contribution in [-0.2, 0) is 9.53 Å². The Hall–Kier alpha value is -1.69. The first-order valence-electron chi connectivity index (χ1n) is 4.93. The topological polar surface area (TPSA) is 61.5 Å². The molecule has 0 saturated carbocycles. The molecule has 0 heterocycles. The third-order valence-corrected chi connectivity index (χ3v) is 2.08. The number of carbonyl (C=O) groups excluding carboxylic acids is 1. The molecule has 1 aromatic carbocycles. The molecule has 0 aliphatic rings. The van der Waals surface area contributed by atoms with Crippen LogP contribution < -0.4 is 10.5 Å². The van der Waals surface area contributed by atoms with E-state index in [4.69, 9.17) is 22.7 Å². The van der Waals surface area contributed by atoms with E-state index in [-0.39, 0.29) is 29.5 Å². The third kappa shape index (κ3) is 3.67. The van der Waals surface area contributed by atoms with Crippen LogP contribution in [0.4, 0.5) is 4.39 Å². The zero-order chi connectivity index (χ0) is 12.8. The van der Waals surface area contributed by atoms with Crippen molar-refractivity contribution in [2.24, 2.45) is 5.73 Å². The van der Waals surface area contributed by atoms with Gasteiger partial charge in [0.2, 0.25) is 0 Å². The van der Waals surface area contributed by atoms with Crippen molar-refractivity contribution < 1.29 is 18.7 Å². The summed E-state index contributed by atoms with van der Waals surface area (Å²) in [5.41, 5.74) is 5.37. The molecule has 2 N–H and O–H groups in total. The van der Waals surface area contributed by atoms with Crippen molar-refractivity contribution in [2.75, 3.05) is 13.2 Å². The molecule has 0 unspecified atom stereocenters. The molecule has 6 heteroatoms. The van der Waals surface area contributed by atoms with Gasteiger partial charge in [0, 0.05) is 0 Å². The van der Waals surface area contributed by atoms with Gasteiger partial charge >= 0.3 is 5.97 Å². The fraction of sp³-hybridized carbons (Fsp3) is 0.273. The highest BCUT2D eigenvalue weighted by Gasteiger charge is 2.13. The molecule has 0 aliphatic heterocycles. The molecule has 1 aromatic rings. The summed E-state index contributed by atoms with van der Waals surface area (Å²) < 4.78 is 23.2. The van der Waals surface area contributed by atoms with Gasteiger partial charge in [-0.15, -0.1) is 0 Å². The SMILES string of the molecule is CCOC(=O)COc1cccc(F)c1C(N)=S. The van der Waals surface area contributed by atoms with Gasteiger partial charge < -0.3 is 15.2 Å². The van der Waals surface area contributed by atoms with Crippen LogP contribution in [0.3, 0.4) is 0 Å². The Bertz CT molecular complexity index is 437. The van der Waals surface area contributed by atoms with Crippen molar-refractivity contribution in [2.45, 2.75) is 6.92 Å². The Kier molecular flexibility index (Phi) is 4.84. The third-order valence-electron chi connectivity index (χ3n) is 1.87. The molecule has 17 heavy (non-hydrogen) atoms. The van der Waals surface area contributed by atoms with Crippen molar-refractivity contribution >= 4 is 23.2 Å². The van der Waals surface area contributed by atoms with Gasteiger partial charge in [0.15, 0.2) is 6.61 Å². The predicted octanol–water partition coefficient (Wildman–Crippen LogP) is 1.40. The highest BCUT2D eigenvalue weighted by atomic mass is 32.1. The zero-order valence-corrected chi connectivity index (χ0v) is 10.1. The number of hydrogen-bond donors (Lipinski definition) is 1. The van der Waals surface area contributed by atoms with Crippen LogP contribution in [0, 0.1) is 5.82 Å². The first-order chi connectivity index (χ1) is 8.06. The lowest BCUT2D eigenvalue weighted by Gasteiger charge is -2.10. The monoisotopic (exact) mass is 257 g/mol. The average Bonchev–Trinajstić information content (AvgIpc) is 2.26. The van der Waals surface area contributed by atoms with Crippen LogP contribution in [0.2, 0.25) is 0 Å². The quantitative estimate of drug-likeness (QED) is 0.638. The minimum atomic E-state index is -0.584. The van der Waals surface area contributed by atoms with E-state index in [9.17, 15) is 9.18 Å². The van der Waals surface area contributed by atoms with Crippen molar-refractivity contribution in [3.05, 3.63) is 29.6 Å². The summed E-state index contributed by atoms with van der Waals surface area (Å²) in [4.78, 5) is 11.0. The Labute approximate surface area is 104 Å². The minimum Gasteiger partial charge on any atom is -0.481 e. The second kappa shape index (κ2) is 6.15. The van der Waals surface area contributed by atoms with Gasteiger partial charge in [0.05, 0.1) is 12.2 Å². The van der Waals surface area contributed by atoms with Crippen molar-refractivity contribution in [1.29, 1.82) is 0 Å². The molecule has 0 radical (unpaired) electrons. The van der Waals surface area contributed by atoms with Gasteiger partial charge in [0.1, 0.15) is 16.6 Å². The van der Waals surface area contributed by atoms with E-state index < -0.39 is 11.8 Å². The Balaban J connectivity index is 2.81. The van der Waals surface area contributed by atoms with Crippen molar-refractivity contribution in [3.63, 3.8) is 0 Å². The van der Waals surface area contributed by atoms with Crippen molar-refractivity contribution in [3.8, 4) is 5.75 Å². The molecule has 0 saturated heterocycles. The molecule has 0 aliphatic carbocycles. The van der Waals surface area contributed by atoms with E-state index in [0.717, 1.165) is 0 Å². The van der Waals surface area contributed by atoms with Crippen LogP contribution in [0.15, 0.2) is 18.2 Å². The maximum atomic E-state index is 13.4. The summed E-state index contributed by atoms with van der Waals surface area (Å²) in [6, 6.07) is 4.14. The summed E-state index contributed by atoms with van der Waals surface area (Å²) in [5, 5.41) is 0. The number of nitrogens with two attached hydrogens (primary N) is 1. The first-order valence-corrected chi connectivity index (χ1v) is 5.33. The molecule has 0 spiro atoms. The summed E-state index contributed by atoms with van der Waals surface area (Å²) in [6.07, 6.45) is 0. The summed E-state index contributed by atoms with van der Waals surface area (Å²) in [5.74, 6) is -0.991. The normalized spacial score (nSPS) is 9.76. The number of hydrogen-bond acceptors (Lipinski definition) is 4. The maximum absolute atomic E-state index is 13.4. The fourth-order valence-electron chi connectivity index (χ4n) is 1.20. The van der Waals surface area contributed by atoms with Crippen LogP contribution in [0.25, 0.3) is 0 Å². The van der Waals surface area contributed by atoms with Crippen molar-refractivity contribution in [1.82, 2.24) is 0 Å². The Morgan fingerprint density at radius 1 is 1.53 bits per heavy atom. The van der Waals surface area contributed by atoms with E-state index in [1.807, 2.05) is 0 Å². The lowest BCUT2D eigenvalue weighted by Crippen LogP contribution is -2.18. The van der Waals surface area contributed by atoms with Gasteiger partial charge in [-0.2, -0.15) is 0 Å². The molecule has 0 aromatic heterocycles. The van der Waals surface area contributed by atoms with Crippen LogP contribution in [0.1, 0.15) is 12.5 Å². The second-order valence-corrected chi connectivity index (χ2v) is 3.51. The molecule has 1 rings (SSSR count). The van der Waals surface area contributed by atoms with Gasteiger partial charge in [-0.3, -0.25) is 0 Å². The largest absolute Gasteiger partial charge is 0.481 e.